The molecule has 5 heteroatoms. The Morgan fingerprint density at radius 3 is 2.95 bits per heavy atom. The summed E-state index contributed by atoms with van der Waals surface area (Å²) in [7, 11) is 0. The molecule has 1 aliphatic carbocycles. The number of aromatic amines is 1. The number of fused-ring (bicyclic) bond motifs is 1. The van der Waals surface area contributed by atoms with Gasteiger partial charge in [-0.3, -0.25) is 9.78 Å². The lowest BCUT2D eigenvalue weighted by atomic mass is 9.92. The molecule has 5 nitrogen and oxygen atoms in total. The summed E-state index contributed by atoms with van der Waals surface area (Å²) in [6.07, 6.45) is 3.39. The van der Waals surface area contributed by atoms with E-state index in [0.717, 1.165) is 12.8 Å². The van der Waals surface area contributed by atoms with E-state index in [1.54, 1.807) is 18.2 Å². The van der Waals surface area contributed by atoms with Gasteiger partial charge < -0.3 is 11.1 Å². The predicted octanol–water partition coefficient (Wildman–Crippen LogP) is 2.50. The Balaban J connectivity index is 1.90. The zero-order chi connectivity index (χ0) is 14.3. The van der Waals surface area contributed by atoms with Crippen molar-refractivity contribution in [2.45, 2.75) is 39.2 Å². The maximum atomic E-state index is 12.1. The monoisotopic (exact) mass is 272 g/mol. The molecular weight excluding hydrogens is 252 g/mol. The van der Waals surface area contributed by atoms with E-state index in [1.165, 1.54) is 6.42 Å². The smallest absolute Gasteiger partial charge is 0.260 e. The summed E-state index contributed by atoms with van der Waals surface area (Å²) in [6, 6.07) is 5.57. The van der Waals surface area contributed by atoms with Crippen LogP contribution in [0, 0.1) is 5.41 Å². The van der Waals surface area contributed by atoms with Crippen LogP contribution >= 0.6 is 0 Å². The Hall–Kier alpha value is -2.04. The van der Waals surface area contributed by atoms with Gasteiger partial charge in [0.15, 0.2) is 0 Å². The molecule has 0 amide bonds. The van der Waals surface area contributed by atoms with E-state index in [9.17, 15) is 4.79 Å². The number of nitrogens with one attached hydrogen (secondary N) is 2. The Kier molecular flexibility index (Phi) is 2.92. The average molecular weight is 272 g/mol. The summed E-state index contributed by atoms with van der Waals surface area (Å²) < 4.78 is 0. The van der Waals surface area contributed by atoms with Crippen molar-refractivity contribution in [3.63, 3.8) is 0 Å². The van der Waals surface area contributed by atoms with Gasteiger partial charge in [-0.25, -0.2) is 4.98 Å². The van der Waals surface area contributed by atoms with Crippen LogP contribution in [-0.2, 0) is 0 Å². The molecular formula is C15H20N4O. The maximum absolute atomic E-state index is 12.1. The highest BCUT2D eigenvalue weighted by Crippen LogP contribution is 2.37. The molecule has 106 valence electrons. The minimum absolute atomic E-state index is 0.151. The fourth-order valence-electron chi connectivity index (χ4n) is 2.98. The van der Waals surface area contributed by atoms with Crippen LogP contribution in [0.15, 0.2) is 23.0 Å². The van der Waals surface area contributed by atoms with Crippen LogP contribution in [0.1, 0.15) is 33.1 Å². The molecule has 3 rings (SSSR count). The summed E-state index contributed by atoms with van der Waals surface area (Å²) in [5.41, 5.74) is 7.15. The van der Waals surface area contributed by atoms with Gasteiger partial charge in [0.05, 0.1) is 10.9 Å². The van der Waals surface area contributed by atoms with Crippen molar-refractivity contribution in [3.05, 3.63) is 28.6 Å². The third-order valence-electron chi connectivity index (χ3n) is 4.04. The van der Waals surface area contributed by atoms with Gasteiger partial charge in [0, 0.05) is 11.7 Å². The normalized spacial score (nSPS) is 21.2. The first-order valence-electron chi connectivity index (χ1n) is 6.99. The van der Waals surface area contributed by atoms with Crippen molar-refractivity contribution in [1.82, 2.24) is 9.97 Å². The molecule has 1 aromatic heterocycles. The SMILES string of the molecule is CC1(C)CCC(Nc2nc3ccc(N)cc3c(=O)[nH]2)C1. The Morgan fingerprint density at radius 2 is 2.25 bits per heavy atom. The first-order chi connectivity index (χ1) is 9.43. The molecule has 4 N–H and O–H groups in total. The highest BCUT2D eigenvalue weighted by Gasteiger charge is 2.31. The van der Waals surface area contributed by atoms with Crippen LogP contribution in [0.4, 0.5) is 11.6 Å². The Morgan fingerprint density at radius 1 is 1.45 bits per heavy atom. The molecule has 0 aliphatic heterocycles. The number of nitrogen functional groups attached to an aromatic ring is 1. The molecule has 0 radical (unpaired) electrons. The molecule has 0 bridgehead atoms. The fraction of sp³-hybridized carbons (Fsp3) is 0.467. The number of nitrogens with zero attached hydrogens (tertiary/aromatic N) is 1. The van der Waals surface area contributed by atoms with E-state index >= 15 is 0 Å². The number of aromatic nitrogens is 2. The minimum Gasteiger partial charge on any atom is -0.399 e. The van der Waals surface area contributed by atoms with Gasteiger partial charge in [-0.15, -0.1) is 0 Å². The van der Waals surface area contributed by atoms with E-state index in [1.807, 2.05) is 0 Å². The van der Waals surface area contributed by atoms with Gasteiger partial charge in [0.2, 0.25) is 5.95 Å². The topological polar surface area (TPSA) is 83.8 Å². The van der Waals surface area contributed by atoms with Crippen LogP contribution in [0.25, 0.3) is 10.9 Å². The van der Waals surface area contributed by atoms with E-state index in [0.29, 0.717) is 34.0 Å². The van der Waals surface area contributed by atoms with Crippen LogP contribution in [0.5, 0.6) is 0 Å². The highest BCUT2D eigenvalue weighted by atomic mass is 16.1. The molecule has 20 heavy (non-hydrogen) atoms. The Labute approximate surface area is 117 Å². The molecule has 1 fully saturated rings. The summed E-state index contributed by atoms with van der Waals surface area (Å²) in [5, 5.41) is 3.88. The summed E-state index contributed by atoms with van der Waals surface area (Å²) in [6.45, 7) is 4.54. The molecule has 2 aromatic rings. The molecule has 1 atom stereocenters. The molecule has 1 unspecified atom stereocenters. The van der Waals surface area contributed by atoms with E-state index < -0.39 is 0 Å². The van der Waals surface area contributed by atoms with Crippen LogP contribution in [0.2, 0.25) is 0 Å². The summed E-state index contributed by atoms with van der Waals surface area (Å²) in [4.78, 5) is 19.3. The second kappa shape index (κ2) is 4.51. The average Bonchev–Trinajstić information content (AvgIpc) is 2.70. The number of rotatable bonds is 2. The maximum Gasteiger partial charge on any atom is 0.260 e. The third kappa shape index (κ3) is 2.48. The number of nitrogens with two attached hydrogens (primary N) is 1. The highest BCUT2D eigenvalue weighted by molar-refractivity contribution is 5.81. The fourth-order valence-corrected chi connectivity index (χ4v) is 2.98. The number of H-pyrrole nitrogens is 1. The van der Waals surface area contributed by atoms with Gasteiger partial charge in [0.25, 0.3) is 5.56 Å². The predicted molar refractivity (Wildman–Crippen MR) is 81.8 cm³/mol. The van der Waals surface area contributed by atoms with Crippen molar-refractivity contribution in [1.29, 1.82) is 0 Å². The zero-order valence-electron chi connectivity index (χ0n) is 11.9. The van der Waals surface area contributed by atoms with Crippen molar-refractivity contribution in [2.75, 3.05) is 11.1 Å². The van der Waals surface area contributed by atoms with Gasteiger partial charge in [-0.2, -0.15) is 0 Å². The van der Waals surface area contributed by atoms with Crippen molar-refractivity contribution >= 4 is 22.5 Å². The second-order valence-corrected chi connectivity index (χ2v) is 6.44. The molecule has 1 saturated carbocycles. The van der Waals surface area contributed by atoms with Gasteiger partial charge >= 0.3 is 0 Å². The standard InChI is InChI=1S/C15H20N4O/c1-15(2)6-5-10(8-15)17-14-18-12-4-3-9(16)7-11(12)13(20)19-14/h3-4,7,10H,5-6,8,16H2,1-2H3,(H2,17,18,19,20). The second-order valence-electron chi connectivity index (χ2n) is 6.44. The number of benzene rings is 1. The first kappa shape index (κ1) is 13.0. The lowest BCUT2D eigenvalue weighted by Crippen LogP contribution is -2.21. The van der Waals surface area contributed by atoms with Crippen molar-refractivity contribution < 1.29 is 0 Å². The molecule has 1 heterocycles. The lowest BCUT2D eigenvalue weighted by molar-refractivity contribution is 0.378. The zero-order valence-corrected chi connectivity index (χ0v) is 11.9. The first-order valence-corrected chi connectivity index (χ1v) is 6.99. The molecule has 1 aliphatic rings. The lowest BCUT2D eigenvalue weighted by Gasteiger charge is -2.18. The Bertz CT molecular complexity index is 705. The van der Waals surface area contributed by atoms with Gasteiger partial charge in [0.1, 0.15) is 0 Å². The van der Waals surface area contributed by atoms with Crippen LogP contribution in [-0.4, -0.2) is 16.0 Å². The quantitative estimate of drug-likeness (QED) is 0.733. The van der Waals surface area contributed by atoms with Crippen molar-refractivity contribution in [3.8, 4) is 0 Å². The number of anilines is 2. The summed E-state index contributed by atoms with van der Waals surface area (Å²) >= 11 is 0. The molecule has 0 saturated heterocycles. The van der Waals surface area contributed by atoms with E-state index in [4.69, 9.17) is 5.73 Å². The van der Waals surface area contributed by atoms with Crippen molar-refractivity contribution in [2.24, 2.45) is 5.41 Å². The summed E-state index contributed by atoms with van der Waals surface area (Å²) in [5.74, 6) is 0.551. The van der Waals surface area contributed by atoms with E-state index in [2.05, 4.69) is 29.1 Å². The van der Waals surface area contributed by atoms with E-state index in [-0.39, 0.29) is 5.56 Å². The number of hydrogen-bond donors (Lipinski definition) is 3. The van der Waals surface area contributed by atoms with Crippen LogP contribution < -0.4 is 16.6 Å². The minimum atomic E-state index is -0.151. The molecule has 1 aromatic carbocycles. The van der Waals surface area contributed by atoms with Gasteiger partial charge in [-0.05, 0) is 42.9 Å². The number of hydrogen-bond acceptors (Lipinski definition) is 4. The molecule has 0 spiro atoms. The van der Waals surface area contributed by atoms with Gasteiger partial charge in [-0.1, -0.05) is 13.8 Å². The largest absolute Gasteiger partial charge is 0.399 e. The third-order valence-corrected chi connectivity index (χ3v) is 4.04. The van der Waals surface area contributed by atoms with Crippen LogP contribution in [0.3, 0.4) is 0 Å².